The molecule has 24 heavy (non-hydrogen) atoms. The van der Waals surface area contributed by atoms with Gasteiger partial charge in [-0.2, -0.15) is 4.31 Å². The standard InChI is InChI=1S/C16H24N2O5S/c1-3-13-4-6-15(7-5-13)24(21,22)18-8-9-23-14(11-18)10-17(2)12-16(19)20/h4-7,14H,3,8-12H2,1-2H3,(H,19,20). The van der Waals surface area contributed by atoms with E-state index in [2.05, 4.69) is 0 Å². The molecule has 1 N–H and O–H groups in total. The number of hydrogen-bond donors (Lipinski definition) is 1. The Balaban J connectivity index is 2.05. The molecule has 0 aliphatic carbocycles. The summed E-state index contributed by atoms with van der Waals surface area (Å²) in [5.74, 6) is -0.922. The Bertz CT molecular complexity index is 660. The van der Waals surface area contributed by atoms with E-state index in [0.717, 1.165) is 12.0 Å². The number of sulfonamides is 1. The summed E-state index contributed by atoms with van der Waals surface area (Å²) in [7, 11) is -1.89. The van der Waals surface area contributed by atoms with E-state index in [1.807, 2.05) is 19.1 Å². The normalized spacial score (nSPS) is 19.5. The van der Waals surface area contributed by atoms with E-state index in [1.165, 1.54) is 4.31 Å². The maximum atomic E-state index is 12.8. The van der Waals surface area contributed by atoms with E-state index in [0.29, 0.717) is 19.7 Å². The number of rotatable bonds is 7. The third-order valence-electron chi connectivity index (χ3n) is 3.99. The molecule has 7 nitrogen and oxygen atoms in total. The van der Waals surface area contributed by atoms with Crippen LogP contribution in [-0.4, -0.2) is 74.6 Å². The Morgan fingerprint density at radius 2 is 2.04 bits per heavy atom. The highest BCUT2D eigenvalue weighted by atomic mass is 32.2. The Labute approximate surface area is 142 Å². The van der Waals surface area contributed by atoms with Crippen molar-refractivity contribution in [3.63, 3.8) is 0 Å². The van der Waals surface area contributed by atoms with Crippen molar-refractivity contribution in [3.05, 3.63) is 29.8 Å². The highest BCUT2D eigenvalue weighted by molar-refractivity contribution is 7.89. The predicted molar refractivity (Wildman–Crippen MR) is 89.5 cm³/mol. The van der Waals surface area contributed by atoms with E-state index in [4.69, 9.17) is 9.84 Å². The van der Waals surface area contributed by atoms with Gasteiger partial charge in [0.15, 0.2) is 0 Å². The largest absolute Gasteiger partial charge is 0.480 e. The first-order valence-electron chi connectivity index (χ1n) is 7.94. The molecule has 0 saturated carbocycles. The minimum absolute atomic E-state index is 0.106. The molecule has 0 amide bonds. The van der Waals surface area contributed by atoms with Crippen LogP contribution in [0.15, 0.2) is 29.2 Å². The average molecular weight is 356 g/mol. The van der Waals surface area contributed by atoms with E-state index in [9.17, 15) is 13.2 Å². The molecule has 8 heteroatoms. The van der Waals surface area contributed by atoms with Crippen LogP contribution in [0.3, 0.4) is 0 Å². The van der Waals surface area contributed by atoms with Crippen LogP contribution in [0.25, 0.3) is 0 Å². The number of likely N-dealkylation sites (N-methyl/N-ethyl adjacent to an activating group) is 1. The molecule has 0 spiro atoms. The van der Waals surface area contributed by atoms with Gasteiger partial charge < -0.3 is 9.84 Å². The molecule has 0 radical (unpaired) electrons. The number of carboxylic acids is 1. The van der Waals surface area contributed by atoms with Crippen molar-refractivity contribution in [3.8, 4) is 0 Å². The minimum Gasteiger partial charge on any atom is -0.480 e. The highest BCUT2D eigenvalue weighted by Gasteiger charge is 2.31. The van der Waals surface area contributed by atoms with Gasteiger partial charge in [0.2, 0.25) is 10.0 Å². The Morgan fingerprint density at radius 3 is 2.62 bits per heavy atom. The first kappa shape index (κ1) is 18.9. The summed E-state index contributed by atoms with van der Waals surface area (Å²) in [6, 6.07) is 6.92. The fraction of sp³-hybridized carbons (Fsp3) is 0.562. The molecule has 1 unspecified atom stereocenters. The number of hydrogen-bond acceptors (Lipinski definition) is 5. The second-order valence-electron chi connectivity index (χ2n) is 5.94. The molecule has 1 aromatic rings. The summed E-state index contributed by atoms with van der Waals surface area (Å²) in [5, 5.41) is 8.80. The van der Waals surface area contributed by atoms with Gasteiger partial charge in [-0.05, 0) is 31.2 Å². The zero-order valence-electron chi connectivity index (χ0n) is 14.0. The van der Waals surface area contributed by atoms with Gasteiger partial charge in [-0.15, -0.1) is 0 Å². The molecular formula is C16H24N2O5S. The summed E-state index contributed by atoms with van der Waals surface area (Å²) in [5.41, 5.74) is 1.09. The molecule has 1 aliphatic heterocycles. The second-order valence-corrected chi connectivity index (χ2v) is 7.88. The van der Waals surface area contributed by atoms with Crippen molar-refractivity contribution in [2.75, 3.05) is 39.8 Å². The lowest BCUT2D eigenvalue weighted by Crippen LogP contribution is -2.49. The lowest BCUT2D eigenvalue weighted by atomic mass is 10.2. The zero-order valence-corrected chi connectivity index (χ0v) is 14.8. The van der Waals surface area contributed by atoms with Crippen LogP contribution in [0.1, 0.15) is 12.5 Å². The Hall–Kier alpha value is -1.48. The molecule has 0 bridgehead atoms. The molecule has 0 aromatic heterocycles. The highest BCUT2D eigenvalue weighted by Crippen LogP contribution is 2.19. The number of ether oxygens (including phenoxy) is 1. The summed E-state index contributed by atoms with van der Waals surface area (Å²) in [6.07, 6.45) is 0.517. The number of benzene rings is 1. The lowest BCUT2D eigenvalue weighted by Gasteiger charge is -2.33. The summed E-state index contributed by atoms with van der Waals surface area (Å²) < 4.78 is 32.5. The molecule has 1 saturated heterocycles. The maximum absolute atomic E-state index is 12.8. The molecule has 134 valence electrons. The Kier molecular flexibility index (Phi) is 6.34. The molecule has 1 heterocycles. The van der Waals surface area contributed by atoms with Crippen molar-refractivity contribution < 1.29 is 23.1 Å². The molecule has 1 atom stereocenters. The van der Waals surface area contributed by atoms with Crippen LogP contribution in [0.2, 0.25) is 0 Å². The van der Waals surface area contributed by atoms with Crippen molar-refractivity contribution in [1.82, 2.24) is 9.21 Å². The third kappa shape index (κ3) is 4.76. The van der Waals surface area contributed by atoms with Crippen molar-refractivity contribution in [2.24, 2.45) is 0 Å². The molecule has 1 aliphatic rings. The topological polar surface area (TPSA) is 87.2 Å². The minimum atomic E-state index is -3.56. The fourth-order valence-electron chi connectivity index (χ4n) is 2.71. The quantitative estimate of drug-likeness (QED) is 0.772. The fourth-order valence-corrected chi connectivity index (χ4v) is 4.17. The first-order chi connectivity index (χ1) is 11.3. The van der Waals surface area contributed by atoms with E-state index in [-0.39, 0.29) is 24.1 Å². The van der Waals surface area contributed by atoms with Crippen LogP contribution in [0, 0.1) is 0 Å². The second kappa shape index (κ2) is 8.06. The summed E-state index contributed by atoms with van der Waals surface area (Å²) in [6.45, 7) is 3.11. The van der Waals surface area contributed by atoms with E-state index in [1.54, 1.807) is 24.1 Å². The number of aliphatic carboxylic acids is 1. The molecule has 2 rings (SSSR count). The predicted octanol–water partition coefficient (Wildman–Crippen LogP) is 0.655. The molecular weight excluding hydrogens is 332 g/mol. The summed E-state index contributed by atoms with van der Waals surface area (Å²) >= 11 is 0. The number of carboxylic acid groups (broad SMARTS) is 1. The number of nitrogens with zero attached hydrogens (tertiary/aromatic N) is 2. The van der Waals surface area contributed by atoms with Crippen LogP contribution in [0.4, 0.5) is 0 Å². The lowest BCUT2D eigenvalue weighted by molar-refractivity contribution is -0.138. The summed E-state index contributed by atoms with van der Waals surface area (Å²) in [4.78, 5) is 12.6. The van der Waals surface area contributed by atoms with E-state index < -0.39 is 16.0 Å². The SMILES string of the molecule is CCc1ccc(S(=O)(=O)N2CCOC(CN(C)CC(=O)O)C2)cc1. The number of carbonyl (C=O) groups is 1. The smallest absolute Gasteiger partial charge is 0.317 e. The van der Waals surface area contributed by atoms with Crippen LogP contribution < -0.4 is 0 Å². The average Bonchev–Trinajstić information content (AvgIpc) is 2.54. The van der Waals surface area contributed by atoms with Gasteiger partial charge in [0.05, 0.1) is 24.2 Å². The molecule has 1 aromatic carbocycles. The van der Waals surface area contributed by atoms with Crippen LogP contribution >= 0.6 is 0 Å². The third-order valence-corrected chi connectivity index (χ3v) is 5.87. The van der Waals surface area contributed by atoms with Crippen LogP contribution in [-0.2, 0) is 26.0 Å². The molecule has 1 fully saturated rings. The van der Waals surface area contributed by atoms with E-state index >= 15 is 0 Å². The first-order valence-corrected chi connectivity index (χ1v) is 9.38. The van der Waals surface area contributed by atoms with Gasteiger partial charge in [0.1, 0.15) is 0 Å². The number of aryl methyl sites for hydroxylation is 1. The van der Waals surface area contributed by atoms with Crippen molar-refractivity contribution in [2.45, 2.75) is 24.3 Å². The van der Waals surface area contributed by atoms with Crippen LogP contribution in [0.5, 0.6) is 0 Å². The zero-order chi connectivity index (χ0) is 17.7. The van der Waals surface area contributed by atoms with Gasteiger partial charge in [0, 0.05) is 19.6 Å². The van der Waals surface area contributed by atoms with Gasteiger partial charge in [0.25, 0.3) is 0 Å². The van der Waals surface area contributed by atoms with Gasteiger partial charge in [-0.25, -0.2) is 8.42 Å². The van der Waals surface area contributed by atoms with Crippen molar-refractivity contribution >= 4 is 16.0 Å². The maximum Gasteiger partial charge on any atom is 0.317 e. The Morgan fingerprint density at radius 1 is 1.38 bits per heavy atom. The van der Waals surface area contributed by atoms with Gasteiger partial charge in [-0.3, -0.25) is 9.69 Å². The van der Waals surface area contributed by atoms with Crippen molar-refractivity contribution in [1.29, 1.82) is 0 Å². The number of morpholine rings is 1. The monoisotopic (exact) mass is 356 g/mol. The van der Waals surface area contributed by atoms with Gasteiger partial charge in [-0.1, -0.05) is 19.1 Å². The van der Waals surface area contributed by atoms with Gasteiger partial charge >= 0.3 is 5.97 Å².